The molecule has 20 heavy (non-hydrogen) atoms. The second-order valence-corrected chi connectivity index (χ2v) is 5.66. The number of hydrogen-bond acceptors (Lipinski definition) is 2. The highest BCUT2D eigenvalue weighted by molar-refractivity contribution is 5.83. The minimum absolute atomic E-state index is 0.726. The molecule has 2 rings (SSSR count). The molecule has 0 aliphatic carbocycles. The third-order valence-electron chi connectivity index (χ3n) is 3.29. The Morgan fingerprint density at radius 1 is 1.00 bits per heavy atom. The highest BCUT2D eigenvalue weighted by Gasteiger charge is 1.97. The average Bonchev–Trinajstić information content (AvgIpc) is 2.46. The maximum Gasteiger partial charge on any atom is 0.119 e. The van der Waals surface area contributed by atoms with Crippen LogP contribution in [0, 0.1) is 5.92 Å². The zero-order valence-corrected chi connectivity index (χ0v) is 12.6. The number of nitrogens with one attached hydrogen (secondary N) is 1. The summed E-state index contributed by atoms with van der Waals surface area (Å²) in [6, 6.07) is 14.7. The summed E-state index contributed by atoms with van der Waals surface area (Å²) in [5, 5.41) is 5.95. The van der Waals surface area contributed by atoms with Gasteiger partial charge in [0.15, 0.2) is 0 Å². The van der Waals surface area contributed by atoms with Crippen LogP contribution in [0.1, 0.15) is 26.7 Å². The van der Waals surface area contributed by atoms with E-state index in [0.29, 0.717) is 0 Å². The number of rotatable bonds is 8. The minimum atomic E-state index is 0.726. The van der Waals surface area contributed by atoms with E-state index in [-0.39, 0.29) is 0 Å². The Bertz CT molecular complexity index is 522. The minimum Gasteiger partial charge on any atom is -0.494 e. The third-order valence-corrected chi connectivity index (χ3v) is 3.29. The molecule has 0 amide bonds. The molecule has 0 unspecified atom stereocenters. The van der Waals surface area contributed by atoms with E-state index in [9.17, 15) is 0 Å². The maximum atomic E-state index is 5.81. The molecule has 108 valence electrons. The number of fused-ring (bicyclic) bond motifs is 1. The molecule has 0 saturated heterocycles. The van der Waals surface area contributed by atoms with E-state index in [0.717, 1.165) is 37.8 Å². The van der Waals surface area contributed by atoms with Crippen molar-refractivity contribution in [2.75, 3.05) is 19.7 Å². The van der Waals surface area contributed by atoms with Gasteiger partial charge in [-0.2, -0.15) is 0 Å². The molecule has 2 aromatic carbocycles. The molecule has 0 saturated carbocycles. The molecule has 0 aromatic heterocycles. The first-order valence-electron chi connectivity index (χ1n) is 7.58. The van der Waals surface area contributed by atoms with Crippen molar-refractivity contribution in [1.82, 2.24) is 5.32 Å². The van der Waals surface area contributed by atoms with Crippen molar-refractivity contribution in [3.05, 3.63) is 42.5 Å². The van der Waals surface area contributed by atoms with Gasteiger partial charge in [-0.05, 0) is 54.8 Å². The Balaban J connectivity index is 1.68. The second kappa shape index (κ2) is 7.91. The van der Waals surface area contributed by atoms with Crippen molar-refractivity contribution >= 4 is 10.8 Å². The summed E-state index contributed by atoms with van der Waals surface area (Å²) in [6.07, 6.45) is 2.26. The van der Waals surface area contributed by atoms with E-state index in [1.807, 2.05) is 0 Å². The molecule has 0 fully saturated rings. The van der Waals surface area contributed by atoms with Gasteiger partial charge in [0.25, 0.3) is 0 Å². The molecule has 0 spiro atoms. The Morgan fingerprint density at radius 3 is 2.60 bits per heavy atom. The van der Waals surface area contributed by atoms with Gasteiger partial charge in [0, 0.05) is 0 Å². The van der Waals surface area contributed by atoms with Crippen LogP contribution in [0.4, 0.5) is 0 Å². The smallest absolute Gasteiger partial charge is 0.119 e. The summed E-state index contributed by atoms with van der Waals surface area (Å²) in [5.41, 5.74) is 0. The van der Waals surface area contributed by atoms with Crippen LogP contribution in [0.5, 0.6) is 5.75 Å². The molecule has 0 aliphatic heterocycles. The fourth-order valence-electron chi connectivity index (χ4n) is 2.19. The molecule has 0 bridgehead atoms. The van der Waals surface area contributed by atoms with Crippen molar-refractivity contribution in [1.29, 1.82) is 0 Å². The van der Waals surface area contributed by atoms with Gasteiger partial charge in [-0.3, -0.25) is 0 Å². The van der Waals surface area contributed by atoms with Crippen LogP contribution in [-0.2, 0) is 0 Å². The maximum absolute atomic E-state index is 5.81. The lowest BCUT2D eigenvalue weighted by atomic mass is 10.1. The molecule has 0 atom stereocenters. The van der Waals surface area contributed by atoms with Crippen molar-refractivity contribution in [2.24, 2.45) is 5.92 Å². The predicted octanol–water partition coefficient (Wildman–Crippen LogP) is 4.24. The van der Waals surface area contributed by atoms with Gasteiger partial charge in [-0.25, -0.2) is 0 Å². The van der Waals surface area contributed by atoms with E-state index >= 15 is 0 Å². The van der Waals surface area contributed by atoms with Crippen LogP contribution >= 0.6 is 0 Å². The lowest BCUT2D eigenvalue weighted by molar-refractivity contribution is 0.306. The summed E-state index contributed by atoms with van der Waals surface area (Å²) >= 11 is 0. The van der Waals surface area contributed by atoms with Gasteiger partial charge in [-0.1, -0.05) is 44.2 Å². The SMILES string of the molecule is CC(C)CNCCCCOc1ccc2ccccc2c1. The van der Waals surface area contributed by atoms with Gasteiger partial charge < -0.3 is 10.1 Å². The van der Waals surface area contributed by atoms with Gasteiger partial charge in [0.1, 0.15) is 5.75 Å². The molecule has 2 heteroatoms. The zero-order valence-electron chi connectivity index (χ0n) is 12.6. The first kappa shape index (κ1) is 14.9. The first-order chi connectivity index (χ1) is 9.75. The fourth-order valence-corrected chi connectivity index (χ4v) is 2.19. The monoisotopic (exact) mass is 271 g/mol. The Hall–Kier alpha value is -1.54. The van der Waals surface area contributed by atoms with Crippen molar-refractivity contribution in [3.63, 3.8) is 0 Å². The Kier molecular flexibility index (Phi) is 5.87. The Labute approximate surface area is 122 Å². The number of benzene rings is 2. The van der Waals surface area contributed by atoms with Crippen molar-refractivity contribution in [2.45, 2.75) is 26.7 Å². The number of hydrogen-bond donors (Lipinski definition) is 1. The molecule has 0 radical (unpaired) electrons. The van der Waals surface area contributed by atoms with E-state index in [2.05, 4.69) is 61.6 Å². The van der Waals surface area contributed by atoms with E-state index in [1.54, 1.807) is 0 Å². The van der Waals surface area contributed by atoms with Crippen LogP contribution in [0.15, 0.2) is 42.5 Å². The van der Waals surface area contributed by atoms with Crippen LogP contribution < -0.4 is 10.1 Å². The second-order valence-electron chi connectivity index (χ2n) is 5.66. The van der Waals surface area contributed by atoms with Crippen LogP contribution in [-0.4, -0.2) is 19.7 Å². The largest absolute Gasteiger partial charge is 0.494 e. The lowest BCUT2D eigenvalue weighted by Gasteiger charge is -2.09. The lowest BCUT2D eigenvalue weighted by Crippen LogP contribution is -2.21. The summed E-state index contributed by atoms with van der Waals surface area (Å²) in [4.78, 5) is 0. The molecular weight excluding hydrogens is 246 g/mol. The highest BCUT2D eigenvalue weighted by atomic mass is 16.5. The summed E-state index contributed by atoms with van der Waals surface area (Å²) in [6.45, 7) is 7.44. The van der Waals surface area contributed by atoms with Gasteiger partial charge in [0.2, 0.25) is 0 Å². The third kappa shape index (κ3) is 4.86. The normalized spacial score (nSPS) is 11.2. The van der Waals surface area contributed by atoms with Crippen LogP contribution in [0.3, 0.4) is 0 Å². The molecular formula is C18H25NO. The van der Waals surface area contributed by atoms with Crippen LogP contribution in [0.25, 0.3) is 10.8 Å². The molecule has 0 aliphatic rings. The summed E-state index contributed by atoms with van der Waals surface area (Å²) in [7, 11) is 0. The van der Waals surface area contributed by atoms with Gasteiger partial charge >= 0.3 is 0 Å². The first-order valence-corrected chi connectivity index (χ1v) is 7.58. The summed E-state index contributed by atoms with van der Waals surface area (Å²) in [5.74, 6) is 1.70. The van der Waals surface area contributed by atoms with Crippen molar-refractivity contribution in [3.8, 4) is 5.75 Å². The molecule has 2 aromatic rings. The average molecular weight is 271 g/mol. The number of ether oxygens (including phenoxy) is 1. The van der Waals surface area contributed by atoms with Gasteiger partial charge in [0.05, 0.1) is 6.61 Å². The molecule has 0 heterocycles. The fraction of sp³-hybridized carbons (Fsp3) is 0.444. The molecule has 1 N–H and O–H groups in total. The zero-order chi connectivity index (χ0) is 14.2. The topological polar surface area (TPSA) is 21.3 Å². The Morgan fingerprint density at radius 2 is 1.80 bits per heavy atom. The van der Waals surface area contributed by atoms with Crippen molar-refractivity contribution < 1.29 is 4.74 Å². The highest BCUT2D eigenvalue weighted by Crippen LogP contribution is 2.20. The number of unbranched alkanes of at least 4 members (excludes halogenated alkanes) is 1. The molecule has 2 nitrogen and oxygen atoms in total. The van der Waals surface area contributed by atoms with E-state index in [4.69, 9.17) is 4.74 Å². The standard InChI is InChI=1S/C18H25NO/c1-15(2)14-19-11-5-6-12-20-18-10-9-16-7-3-4-8-17(16)13-18/h3-4,7-10,13,15,19H,5-6,11-12,14H2,1-2H3. The van der Waals surface area contributed by atoms with Gasteiger partial charge in [-0.15, -0.1) is 0 Å². The predicted molar refractivity (Wildman–Crippen MR) is 86.4 cm³/mol. The quantitative estimate of drug-likeness (QED) is 0.725. The summed E-state index contributed by atoms with van der Waals surface area (Å²) < 4.78 is 5.81. The van der Waals surface area contributed by atoms with E-state index < -0.39 is 0 Å². The van der Waals surface area contributed by atoms with Crippen LogP contribution in [0.2, 0.25) is 0 Å². The van der Waals surface area contributed by atoms with E-state index in [1.165, 1.54) is 17.2 Å².